The number of aliphatic imine (C=N–C) groups is 1. The van der Waals surface area contributed by atoms with Crippen molar-refractivity contribution in [1.29, 1.82) is 0 Å². The Morgan fingerprint density at radius 1 is 1.10 bits per heavy atom. The second-order valence-corrected chi connectivity index (χ2v) is 4.69. The number of ether oxygens (including phenoxy) is 3. The minimum Gasteiger partial charge on any atom is -0.382 e. The number of nitrogens with one attached hydrogen (secondary N) is 2. The normalized spacial score (nSPS) is 11.9. The molecule has 6 nitrogen and oxygen atoms in total. The minimum absolute atomic E-state index is 0. The molecule has 0 aromatic heterocycles. The van der Waals surface area contributed by atoms with E-state index in [9.17, 15) is 0 Å². The molecule has 0 aliphatic heterocycles. The van der Waals surface area contributed by atoms with Crippen LogP contribution in [0.15, 0.2) is 4.99 Å². The Morgan fingerprint density at radius 3 is 2.35 bits per heavy atom. The summed E-state index contributed by atoms with van der Waals surface area (Å²) < 4.78 is 15.6. The minimum atomic E-state index is -0.253. The van der Waals surface area contributed by atoms with Crippen LogP contribution in [0.5, 0.6) is 0 Å². The van der Waals surface area contributed by atoms with Crippen molar-refractivity contribution >= 4 is 29.9 Å². The van der Waals surface area contributed by atoms with Gasteiger partial charge in [0.05, 0.1) is 32.0 Å². The standard InChI is InChI=1S/C13H29N3O3.HI/c1-6-14-12(16-11-13(2,3)18-5)15-7-8-19-10-9-17-4;/h6-11H2,1-5H3,(H2,14,15,16);1H. The van der Waals surface area contributed by atoms with Crippen molar-refractivity contribution in [2.24, 2.45) is 4.99 Å². The third-order valence-corrected chi connectivity index (χ3v) is 2.49. The molecular formula is C13H30IN3O3. The highest BCUT2D eigenvalue weighted by molar-refractivity contribution is 14.0. The third-order valence-electron chi connectivity index (χ3n) is 2.49. The van der Waals surface area contributed by atoms with Crippen LogP contribution in [-0.2, 0) is 14.2 Å². The van der Waals surface area contributed by atoms with Gasteiger partial charge in [-0.05, 0) is 20.8 Å². The molecule has 0 aliphatic rings. The molecule has 0 aromatic rings. The largest absolute Gasteiger partial charge is 0.382 e. The van der Waals surface area contributed by atoms with Gasteiger partial charge in [0.2, 0.25) is 0 Å². The van der Waals surface area contributed by atoms with Gasteiger partial charge in [-0.15, -0.1) is 24.0 Å². The molecule has 0 amide bonds. The fourth-order valence-electron chi connectivity index (χ4n) is 1.16. The van der Waals surface area contributed by atoms with Crippen molar-refractivity contribution in [2.45, 2.75) is 26.4 Å². The molecular weight excluding hydrogens is 373 g/mol. The van der Waals surface area contributed by atoms with Crippen LogP contribution in [0.2, 0.25) is 0 Å². The summed E-state index contributed by atoms with van der Waals surface area (Å²) in [6.45, 7) is 10.0. The van der Waals surface area contributed by atoms with Gasteiger partial charge in [0.25, 0.3) is 0 Å². The lowest BCUT2D eigenvalue weighted by molar-refractivity contribution is 0.0310. The molecule has 0 radical (unpaired) electrons. The maximum Gasteiger partial charge on any atom is 0.191 e. The van der Waals surface area contributed by atoms with Gasteiger partial charge in [-0.2, -0.15) is 0 Å². The number of rotatable bonds is 10. The summed E-state index contributed by atoms with van der Waals surface area (Å²) in [7, 11) is 3.36. The number of hydrogen-bond acceptors (Lipinski definition) is 4. The van der Waals surface area contributed by atoms with E-state index >= 15 is 0 Å². The van der Waals surface area contributed by atoms with Gasteiger partial charge in [0, 0.05) is 27.3 Å². The molecule has 0 fully saturated rings. The molecule has 20 heavy (non-hydrogen) atoms. The van der Waals surface area contributed by atoms with Gasteiger partial charge in [-0.1, -0.05) is 0 Å². The number of halogens is 1. The molecule has 0 unspecified atom stereocenters. The summed E-state index contributed by atoms with van der Waals surface area (Å²) in [5.74, 6) is 0.781. The van der Waals surface area contributed by atoms with Crippen molar-refractivity contribution in [2.75, 3.05) is 53.7 Å². The predicted octanol–water partition coefficient (Wildman–Crippen LogP) is 1.25. The SMILES string of the molecule is CCNC(=NCC(C)(C)OC)NCCOCCOC.I. The highest BCUT2D eigenvalue weighted by Crippen LogP contribution is 2.06. The monoisotopic (exact) mass is 403 g/mol. The molecule has 0 atom stereocenters. The van der Waals surface area contributed by atoms with Crippen LogP contribution < -0.4 is 10.6 Å². The summed E-state index contributed by atoms with van der Waals surface area (Å²) in [5.41, 5.74) is -0.253. The zero-order chi connectivity index (χ0) is 14.6. The lowest BCUT2D eigenvalue weighted by atomic mass is 10.1. The van der Waals surface area contributed by atoms with Gasteiger partial charge >= 0.3 is 0 Å². The van der Waals surface area contributed by atoms with Crippen LogP contribution in [0, 0.1) is 0 Å². The van der Waals surface area contributed by atoms with Crippen LogP contribution in [0.3, 0.4) is 0 Å². The summed E-state index contributed by atoms with van der Waals surface area (Å²) in [6.07, 6.45) is 0. The zero-order valence-electron chi connectivity index (χ0n) is 13.3. The van der Waals surface area contributed by atoms with Crippen LogP contribution in [-0.4, -0.2) is 65.2 Å². The van der Waals surface area contributed by atoms with Gasteiger partial charge in [0.1, 0.15) is 0 Å². The number of nitrogens with zero attached hydrogens (tertiary/aromatic N) is 1. The maximum atomic E-state index is 5.37. The number of guanidine groups is 1. The summed E-state index contributed by atoms with van der Waals surface area (Å²) >= 11 is 0. The van der Waals surface area contributed by atoms with Gasteiger partial charge in [-0.3, -0.25) is 4.99 Å². The van der Waals surface area contributed by atoms with Gasteiger partial charge in [-0.25, -0.2) is 0 Å². The number of methoxy groups -OCH3 is 2. The fraction of sp³-hybridized carbons (Fsp3) is 0.923. The van der Waals surface area contributed by atoms with E-state index in [1.54, 1.807) is 14.2 Å². The molecule has 0 rings (SSSR count). The molecule has 0 heterocycles. The highest BCUT2D eigenvalue weighted by Gasteiger charge is 2.15. The Kier molecular flexibility index (Phi) is 15.3. The van der Waals surface area contributed by atoms with Crippen molar-refractivity contribution in [3.05, 3.63) is 0 Å². The van der Waals surface area contributed by atoms with Crippen LogP contribution in [0.1, 0.15) is 20.8 Å². The Balaban J connectivity index is 0. The molecule has 0 saturated heterocycles. The van der Waals surface area contributed by atoms with E-state index in [0.29, 0.717) is 32.9 Å². The average Bonchev–Trinajstić information content (AvgIpc) is 2.40. The second kappa shape index (κ2) is 13.8. The molecule has 0 aromatic carbocycles. The van der Waals surface area contributed by atoms with Gasteiger partial charge < -0.3 is 24.8 Å². The van der Waals surface area contributed by atoms with E-state index in [1.807, 2.05) is 20.8 Å². The summed E-state index contributed by atoms with van der Waals surface area (Å²) in [6, 6.07) is 0. The molecule has 0 bridgehead atoms. The Hall–Kier alpha value is -0.120. The Labute approximate surface area is 140 Å². The van der Waals surface area contributed by atoms with E-state index in [-0.39, 0.29) is 29.6 Å². The Bertz CT molecular complexity index is 251. The van der Waals surface area contributed by atoms with Crippen molar-refractivity contribution in [1.82, 2.24) is 10.6 Å². The topological polar surface area (TPSA) is 64.1 Å². The summed E-state index contributed by atoms with van der Waals surface area (Å²) in [5, 5.41) is 6.40. The summed E-state index contributed by atoms with van der Waals surface area (Å²) in [4.78, 5) is 4.48. The molecule has 0 spiro atoms. The molecule has 2 N–H and O–H groups in total. The van der Waals surface area contributed by atoms with Crippen LogP contribution >= 0.6 is 24.0 Å². The maximum absolute atomic E-state index is 5.37. The molecule has 122 valence electrons. The van der Waals surface area contributed by atoms with E-state index < -0.39 is 0 Å². The van der Waals surface area contributed by atoms with E-state index in [2.05, 4.69) is 15.6 Å². The Morgan fingerprint density at radius 2 is 1.80 bits per heavy atom. The van der Waals surface area contributed by atoms with E-state index in [0.717, 1.165) is 12.5 Å². The molecule has 0 saturated carbocycles. The number of hydrogen-bond donors (Lipinski definition) is 2. The third kappa shape index (κ3) is 12.9. The predicted molar refractivity (Wildman–Crippen MR) is 93.2 cm³/mol. The molecule has 0 aliphatic carbocycles. The van der Waals surface area contributed by atoms with Crippen molar-refractivity contribution in [3.8, 4) is 0 Å². The lowest BCUT2D eigenvalue weighted by Gasteiger charge is -2.21. The highest BCUT2D eigenvalue weighted by atomic mass is 127. The average molecular weight is 403 g/mol. The van der Waals surface area contributed by atoms with Crippen molar-refractivity contribution in [3.63, 3.8) is 0 Å². The zero-order valence-corrected chi connectivity index (χ0v) is 15.7. The second-order valence-electron chi connectivity index (χ2n) is 4.69. The first-order valence-corrected chi connectivity index (χ1v) is 6.69. The first-order valence-electron chi connectivity index (χ1n) is 6.69. The van der Waals surface area contributed by atoms with Crippen molar-refractivity contribution < 1.29 is 14.2 Å². The van der Waals surface area contributed by atoms with E-state index in [4.69, 9.17) is 14.2 Å². The fourth-order valence-corrected chi connectivity index (χ4v) is 1.16. The molecule has 7 heteroatoms. The van der Waals surface area contributed by atoms with Crippen LogP contribution in [0.4, 0.5) is 0 Å². The smallest absolute Gasteiger partial charge is 0.191 e. The quantitative estimate of drug-likeness (QED) is 0.249. The van der Waals surface area contributed by atoms with Gasteiger partial charge in [0.15, 0.2) is 5.96 Å². The van der Waals surface area contributed by atoms with Crippen LogP contribution in [0.25, 0.3) is 0 Å². The lowest BCUT2D eigenvalue weighted by Crippen LogP contribution is -2.40. The first-order chi connectivity index (χ1) is 9.05. The first kappa shape index (κ1) is 22.2. The van der Waals surface area contributed by atoms with E-state index in [1.165, 1.54) is 0 Å².